The first-order valence-corrected chi connectivity index (χ1v) is 6.71. The lowest BCUT2D eigenvalue weighted by Gasteiger charge is -2.39. The van der Waals surface area contributed by atoms with Gasteiger partial charge in [-0.3, -0.25) is 4.90 Å². The molecular formula is C12H20N2OS. The van der Waals surface area contributed by atoms with Crippen molar-refractivity contribution in [1.29, 1.82) is 0 Å². The minimum absolute atomic E-state index is 0.303. The molecule has 16 heavy (non-hydrogen) atoms. The van der Waals surface area contributed by atoms with Crippen LogP contribution in [0, 0.1) is 0 Å². The van der Waals surface area contributed by atoms with Crippen molar-refractivity contribution >= 4 is 11.3 Å². The van der Waals surface area contributed by atoms with Crippen molar-refractivity contribution in [1.82, 2.24) is 4.90 Å². The first-order valence-electron chi connectivity index (χ1n) is 5.83. The summed E-state index contributed by atoms with van der Waals surface area (Å²) in [6.07, 6.45) is 0.607. The summed E-state index contributed by atoms with van der Waals surface area (Å²) >= 11 is 1.79. The second-order valence-corrected chi connectivity index (χ2v) is 5.46. The van der Waals surface area contributed by atoms with Crippen LogP contribution in [-0.4, -0.2) is 36.7 Å². The third-order valence-corrected chi connectivity index (χ3v) is 3.96. The molecule has 3 unspecified atom stereocenters. The summed E-state index contributed by atoms with van der Waals surface area (Å²) in [6.45, 7) is 6.89. The van der Waals surface area contributed by atoms with Crippen LogP contribution in [0.3, 0.4) is 0 Å². The van der Waals surface area contributed by atoms with Crippen LogP contribution in [0.15, 0.2) is 17.5 Å². The first kappa shape index (κ1) is 12.0. The van der Waals surface area contributed by atoms with Crippen LogP contribution in [0.4, 0.5) is 0 Å². The quantitative estimate of drug-likeness (QED) is 0.876. The fourth-order valence-electron chi connectivity index (χ4n) is 2.40. The van der Waals surface area contributed by atoms with E-state index < -0.39 is 0 Å². The van der Waals surface area contributed by atoms with E-state index in [0.717, 1.165) is 13.1 Å². The van der Waals surface area contributed by atoms with Crippen LogP contribution in [0.5, 0.6) is 0 Å². The predicted molar refractivity (Wildman–Crippen MR) is 67.7 cm³/mol. The predicted octanol–water partition coefficient (Wildman–Crippen LogP) is 1.86. The SMILES string of the molecule is CC1CN(C(CN)c2cccs2)CC(C)O1. The highest BCUT2D eigenvalue weighted by Crippen LogP contribution is 2.27. The maximum atomic E-state index is 5.91. The van der Waals surface area contributed by atoms with Crippen molar-refractivity contribution < 1.29 is 4.74 Å². The summed E-state index contributed by atoms with van der Waals surface area (Å²) < 4.78 is 5.75. The second kappa shape index (κ2) is 5.27. The summed E-state index contributed by atoms with van der Waals surface area (Å²) in [6, 6.07) is 4.62. The van der Waals surface area contributed by atoms with E-state index in [1.54, 1.807) is 11.3 Å². The molecule has 3 atom stereocenters. The molecule has 90 valence electrons. The van der Waals surface area contributed by atoms with Gasteiger partial charge in [-0.05, 0) is 25.3 Å². The molecule has 0 aliphatic carbocycles. The maximum Gasteiger partial charge on any atom is 0.0678 e. The highest BCUT2D eigenvalue weighted by atomic mass is 32.1. The van der Waals surface area contributed by atoms with Gasteiger partial charge in [0.25, 0.3) is 0 Å². The standard InChI is InChI=1S/C12H20N2OS/c1-9-7-14(8-10(2)15-9)11(6-13)12-4-3-5-16-12/h3-5,9-11H,6-8,13H2,1-2H3. The van der Waals surface area contributed by atoms with Crippen molar-refractivity contribution in [2.45, 2.75) is 32.1 Å². The van der Waals surface area contributed by atoms with E-state index in [9.17, 15) is 0 Å². The van der Waals surface area contributed by atoms with E-state index in [-0.39, 0.29) is 0 Å². The van der Waals surface area contributed by atoms with Gasteiger partial charge in [0.05, 0.1) is 18.2 Å². The van der Waals surface area contributed by atoms with Crippen LogP contribution in [0.2, 0.25) is 0 Å². The molecule has 0 spiro atoms. The van der Waals surface area contributed by atoms with Crippen molar-refractivity contribution in [3.05, 3.63) is 22.4 Å². The molecule has 1 aromatic heterocycles. The third kappa shape index (κ3) is 2.63. The summed E-state index contributed by atoms with van der Waals surface area (Å²) in [5.41, 5.74) is 5.91. The molecule has 1 aromatic rings. The number of rotatable bonds is 3. The lowest BCUT2D eigenvalue weighted by molar-refractivity contribution is -0.0795. The molecule has 2 rings (SSSR count). The Balaban J connectivity index is 2.09. The van der Waals surface area contributed by atoms with Gasteiger partial charge in [-0.1, -0.05) is 6.07 Å². The van der Waals surface area contributed by atoms with Crippen molar-refractivity contribution in [2.75, 3.05) is 19.6 Å². The molecule has 4 heteroatoms. The highest BCUT2D eigenvalue weighted by molar-refractivity contribution is 7.10. The van der Waals surface area contributed by atoms with Gasteiger partial charge in [0, 0.05) is 24.5 Å². The Morgan fingerprint density at radius 3 is 2.69 bits per heavy atom. The fraction of sp³-hybridized carbons (Fsp3) is 0.667. The largest absolute Gasteiger partial charge is 0.373 e. The van der Waals surface area contributed by atoms with Crippen molar-refractivity contribution in [3.63, 3.8) is 0 Å². The Morgan fingerprint density at radius 1 is 1.50 bits per heavy atom. The van der Waals surface area contributed by atoms with E-state index >= 15 is 0 Å². The van der Waals surface area contributed by atoms with Gasteiger partial charge in [0.2, 0.25) is 0 Å². The Labute approximate surface area is 101 Å². The van der Waals surface area contributed by atoms with Crippen molar-refractivity contribution in [2.24, 2.45) is 5.73 Å². The molecule has 2 N–H and O–H groups in total. The fourth-order valence-corrected chi connectivity index (χ4v) is 3.27. The van der Waals surface area contributed by atoms with Crippen LogP contribution >= 0.6 is 11.3 Å². The Hall–Kier alpha value is -0.420. The molecular weight excluding hydrogens is 220 g/mol. The van der Waals surface area contributed by atoms with Gasteiger partial charge in [-0.2, -0.15) is 0 Å². The number of nitrogens with zero attached hydrogens (tertiary/aromatic N) is 1. The number of ether oxygens (including phenoxy) is 1. The molecule has 2 heterocycles. The first-order chi connectivity index (χ1) is 7.70. The summed E-state index contributed by atoms with van der Waals surface area (Å²) in [4.78, 5) is 3.81. The van der Waals surface area contributed by atoms with Gasteiger partial charge in [-0.25, -0.2) is 0 Å². The highest BCUT2D eigenvalue weighted by Gasteiger charge is 2.28. The maximum absolute atomic E-state index is 5.91. The second-order valence-electron chi connectivity index (χ2n) is 4.48. The van der Waals surface area contributed by atoms with Gasteiger partial charge >= 0.3 is 0 Å². The topological polar surface area (TPSA) is 38.5 Å². The zero-order valence-corrected chi connectivity index (χ0v) is 10.7. The number of hydrogen-bond acceptors (Lipinski definition) is 4. The van der Waals surface area contributed by atoms with Gasteiger partial charge in [0.1, 0.15) is 0 Å². The smallest absolute Gasteiger partial charge is 0.0678 e. The third-order valence-electron chi connectivity index (χ3n) is 2.98. The average Bonchev–Trinajstić information content (AvgIpc) is 2.70. The van der Waals surface area contributed by atoms with E-state index in [2.05, 4.69) is 36.3 Å². The van der Waals surface area contributed by atoms with Gasteiger partial charge in [-0.15, -0.1) is 11.3 Å². The van der Waals surface area contributed by atoms with Crippen LogP contribution < -0.4 is 5.73 Å². The zero-order chi connectivity index (χ0) is 11.5. The summed E-state index contributed by atoms with van der Waals surface area (Å²) in [5, 5.41) is 2.12. The van der Waals surface area contributed by atoms with Gasteiger partial charge in [0.15, 0.2) is 0 Å². The molecule has 1 saturated heterocycles. The Morgan fingerprint density at radius 2 is 2.19 bits per heavy atom. The molecule has 1 aliphatic rings. The number of nitrogens with two attached hydrogens (primary N) is 1. The van der Waals surface area contributed by atoms with E-state index in [0.29, 0.717) is 24.8 Å². The molecule has 1 fully saturated rings. The molecule has 0 amide bonds. The van der Waals surface area contributed by atoms with E-state index in [1.165, 1.54) is 4.88 Å². The average molecular weight is 240 g/mol. The monoisotopic (exact) mass is 240 g/mol. The number of morpholine rings is 1. The summed E-state index contributed by atoms with van der Waals surface area (Å²) in [7, 11) is 0. The molecule has 0 saturated carbocycles. The lowest BCUT2D eigenvalue weighted by atomic mass is 10.1. The zero-order valence-electron chi connectivity index (χ0n) is 9.93. The molecule has 0 bridgehead atoms. The van der Waals surface area contributed by atoms with Crippen LogP contribution in [0.1, 0.15) is 24.8 Å². The molecule has 0 radical (unpaired) electrons. The van der Waals surface area contributed by atoms with Crippen LogP contribution in [0.25, 0.3) is 0 Å². The van der Waals surface area contributed by atoms with E-state index in [4.69, 9.17) is 10.5 Å². The molecule has 1 aliphatic heterocycles. The normalized spacial score (nSPS) is 29.2. The summed E-state index contributed by atoms with van der Waals surface area (Å²) in [5.74, 6) is 0. The minimum Gasteiger partial charge on any atom is -0.373 e. The number of hydrogen-bond donors (Lipinski definition) is 1. The van der Waals surface area contributed by atoms with E-state index in [1.807, 2.05) is 0 Å². The lowest BCUT2D eigenvalue weighted by Crippen LogP contribution is -2.48. The minimum atomic E-state index is 0.303. The van der Waals surface area contributed by atoms with Crippen molar-refractivity contribution in [3.8, 4) is 0 Å². The molecule has 0 aromatic carbocycles. The Kier molecular flexibility index (Phi) is 3.97. The van der Waals surface area contributed by atoms with Gasteiger partial charge < -0.3 is 10.5 Å². The van der Waals surface area contributed by atoms with Crippen LogP contribution in [-0.2, 0) is 4.74 Å². The molecule has 3 nitrogen and oxygen atoms in total. The Bertz CT molecular complexity index is 305. The number of thiophene rings is 1.